The predicted molar refractivity (Wildman–Crippen MR) is 114 cm³/mol. The Labute approximate surface area is 178 Å². The highest BCUT2D eigenvalue weighted by Gasteiger charge is 2.29. The Morgan fingerprint density at radius 2 is 2.06 bits per heavy atom. The Balaban J connectivity index is 1.48. The zero-order valence-electron chi connectivity index (χ0n) is 17.3. The number of imidazole rings is 1. The van der Waals surface area contributed by atoms with Gasteiger partial charge in [-0.15, -0.1) is 0 Å². The van der Waals surface area contributed by atoms with Crippen molar-refractivity contribution in [3.8, 4) is 0 Å². The SMILES string of the molecule is COC(=O)CC1Nc2ccc(C(=O)NCc3nc4ccccc4[nH]3)cc2CN(C)C1=O. The standard InChI is InChI=1S/C22H23N5O4/c1-27-12-14-9-13(7-8-15(14)24-18(22(27)30)10-20(28)31-2)21(29)23-11-19-25-16-5-3-4-6-17(16)26-19/h3-9,18,24H,10-12H2,1-2H3,(H,23,29)(H,25,26). The van der Waals surface area contributed by atoms with Gasteiger partial charge in [-0.05, 0) is 35.9 Å². The summed E-state index contributed by atoms with van der Waals surface area (Å²) in [6, 6.07) is 12.1. The number of esters is 1. The third-order valence-electron chi connectivity index (χ3n) is 5.23. The zero-order valence-corrected chi connectivity index (χ0v) is 17.3. The summed E-state index contributed by atoms with van der Waals surface area (Å²) in [4.78, 5) is 46.1. The van der Waals surface area contributed by atoms with Gasteiger partial charge >= 0.3 is 5.97 Å². The van der Waals surface area contributed by atoms with Crippen LogP contribution in [0.2, 0.25) is 0 Å². The highest BCUT2D eigenvalue weighted by molar-refractivity contribution is 5.96. The molecule has 2 amide bonds. The molecule has 0 fully saturated rings. The average Bonchev–Trinajstić information content (AvgIpc) is 3.15. The molecule has 0 aliphatic carbocycles. The van der Waals surface area contributed by atoms with E-state index in [0.717, 1.165) is 16.6 Å². The Morgan fingerprint density at radius 1 is 1.26 bits per heavy atom. The highest BCUT2D eigenvalue weighted by atomic mass is 16.5. The number of carbonyl (C=O) groups is 3. The van der Waals surface area contributed by atoms with E-state index in [1.165, 1.54) is 12.0 Å². The normalized spacial score (nSPS) is 15.7. The number of ether oxygens (including phenoxy) is 1. The fourth-order valence-electron chi connectivity index (χ4n) is 3.60. The molecular weight excluding hydrogens is 398 g/mol. The number of amides is 2. The molecule has 1 unspecified atom stereocenters. The summed E-state index contributed by atoms with van der Waals surface area (Å²) in [6.07, 6.45) is -0.0706. The fraction of sp³-hybridized carbons (Fsp3) is 0.273. The number of benzene rings is 2. The molecule has 1 atom stereocenters. The largest absolute Gasteiger partial charge is 0.469 e. The molecule has 2 heterocycles. The molecule has 160 valence electrons. The molecule has 3 aromatic rings. The first-order chi connectivity index (χ1) is 14.9. The number of aromatic amines is 1. The van der Waals surface area contributed by atoms with Gasteiger partial charge in [0, 0.05) is 24.8 Å². The van der Waals surface area contributed by atoms with Gasteiger partial charge in [0.2, 0.25) is 5.91 Å². The quantitative estimate of drug-likeness (QED) is 0.541. The number of methoxy groups -OCH3 is 1. The molecule has 1 aliphatic heterocycles. The number of fused-ring (bicyclic) bond motifs is 2. The molecule has 0 radical (unpaired) electrons. The molecule has 1 aliphatic rings. The van der Waals surface area contributed by atoms with Crippen molar-refractivity contribution in [1.29, 1.82) is 0 Å². The van der Waals surface area contributed by atoms with Crippen LogP contribution in [0, 0.1) is 0 Å². The van der Waals surface area contributed by atoms with Crippen molar-refractivity contribution in [2.75, 3.05) is 19.5 Å². The van der Waals surface area contributed by atoms with E-state index in [4.69, 9.17) is 0 Å². The number of para-hydroxylation sites is 2. The lowest BCUT2D eigenvalue weighted by atomic mass is 10.1. The van der Waals surface area contributed by atoms with Gasteiger partial charge in [-0.2, -0.15) is 0 Å². The van der Waals surface area contributed by atoms with E-state index in [1.54, 1.807) is 25.2 Å². The van der Waals surface area contributed by atoms with Crippen molar-refractivity contribution in [2.24, 2.45) is 0 Å². The average molecular weight is 421 g/mol. The second kappa shape index (κ2) is 8.47. The van der Waals surface area contributed by atoms with Crippen LogP contribution >= 0.6 is 0 Å². The van der Waals surface area contributed by atoms with Crippen molar-refractivity contribution >= 4 is 34.5 Å². The van der Waals surface area contributed by atoms with Crippen LogP contribution < -0.4 is 10.6 Å². The number of H-pyrrole nitrogens is 1. The van der Waals surface area contributed by atoms with Crippen molar-refractivity contribution in [1.82, 2.24) is 20.2 Å². The minimum absolute atomic E-state index is 0.0706. The number of rotatable bonds is 5. The molecule has 0 spiro atoms. The minimum Gasteiger partial charge on any atom is -0.469 e. The van der Waals surface area contributed by atoms with Crippen LogP contribution in [0.25, 0.3) is 11.0 Å². The van der Waals surface area contributed by atoms with Gasteiger partial charge in [-0.1, -0.05) is 12.1 Å². The first-order valence-electron chi connectivity index (χ1n) is 9.87. The fourth-order valence-corrected chi connectivity index (χ4v) is 3.60. The maximum absolute atomic E-state index is 12.7. The molecule has 4 rings (SSSR count). The summed E-state index contributed by atoms with van der Waals surface area (Å²) in [5.74, 6) is -0.253. The van der Waals surface area contributed by atoms with E-state index in [9.17, 15) is 14.4 Å². The van der Waals surface area contributed by atoms with Crippen molar-refractivity contribution in [3.63, 3.8) is 0 Å². The van der Waals surface area contributed by atoms with Crippen LogP contribution in [0.4, 0.5) is 5.69 Å². The predicted octanol–water partition coefficient (Wildman–Crippen LogP) is 1.81. The topological polar surface area (TPSA) is 116 Å². The number of likely N-dealkylation sites (N-methyl/N-ethyl adjacent to an activating group) is 1. The molecule has 0 bridgehead atoms. The molecule has 9 nitrogen and oxygen atoms in total. The van der Waals surface area contributed by atoms with E-state index >= 15 is 0 Å². The van der Waals surface area contributed by atoms with Gasteiger partial charge in [-0.3, -0.25) is 14.4 Å². The molecule has 1 aromatic heterocycles. The van der Waals surface area contributed by atoms with Crippen LogP contribution in [0.15, 0.2) is 42.5 Å². The molecule has 2 aromatic carbocycles. The van der Waals surface area contributed by atoms with Crippen LogP contribution in [-0.4, -0.2) is 52.9 Å². The van der Waals surface area contributed by atoms with Crippen molar-refractivity contribution < 1.29 is 19.1 Å². The first-order valence-corrected chi connectivity index (χ1v) is 9.87. The summed E-state index contributed by atoms with van der Waals surface area (Å²) >= 11 is 0. The molecule has 3 N–H and O–H groups in total. The molecule has 31 heavy (non-hydrogen) atoms. The van der Waals surface area contributed by atoms with Gasteiger partial charge in [-0.25, -0.2) is 4.98 Å². The summed E-state index contributed by atoms with van der Waals surface area (Å²) in [7, 11) is 2.95. The number of hydrogen-bond donors (Lipinski definition) is 3. The van der Waals surface area contributed by atoms with Crippen LogP contribution in [-0.2, 0) is 27.4 Å². The maximum Gasteiger partial charge on any atom is 0.308 e. The van der Waals surface area contributed by atoms with E-state index in [0.29, 0.717) is 23.6 Å². The zero-order chi connectivity index (χ0) is 22.0. The first kappa shape index (κ1) is 20.4. The monoisotopic (exact) mass is 421 g/mol. The second-order valence-corrected chi connectivity index (χ2v) is 7.43. The molecule has 0 saturated heterocycles. The number of nitrogens with one attached hydrogen (secondary N) is 3. The van der Waals surface area contributed by atoms with Gasteiger partial charge in [0.1, 0.15) is 11.9 Å². The number of anilines is 1. The van der Waals surface area contributed by atoms with Crippen LogP contribution in [0.3, 0.4) is 0 Å². The van der Waals surface area contributed by atoms with Gasteiger partial charge < -0.3 is 25.3 Å². The third-order valence-corrected chi connectivity index (χ3v) is 5.23. The highest BCUT2D eigenvalue weighted by Crippen LogP contribution is 2.25. The minimum atomic E-state index is -0.716. The summed E-state index contributed by atoms with van der Waals surface area (Å²) in [6.45, 7) is 0.589. The van der Waals surface area contributed by atoms with E-state index in [2.05, 4.69) is 25.3 Å². The number of hydrogen-bond acceptors (Lipinski definition) is 6. The lowest BCUT2D eigenvalue weighted by Crippen LogP contribution is -2.39. The van der Waals surface area contributed by atoms with E-state index in [1.807, 2.05) is 24.3 Å². The van der Waals surface area contributed by atoms with Crippen molar-refractivity contribution in [3.05, 3.63) is 59.4 Å². The number of aromatic nitrogens is 2. The Morgan fingerprint density at radius 3 is 2.84 bits per heavy atom. The third kappa shape index (κ3) is 4.35. The van der Waals surface area contributed by atoms with E-state index in [-0.39, 0.29) is 24.8 Å². The van der Waals surface area contributed by atoms with E-state index < -0.39 is 12.0 Å². The van der Waals surface area contributed by atoms with Crippen LogP contribution in [0.1, 0.15) is 28.2 Å². The molecular formula is C22H23N5O4. The van der Waals surface area contributed by atoms with Crippen LogP contribution in [0.5, 0.6) is 0 Å². The number of carbonyl (C=O) groups excluding carboxylic acids is 3. The molecule has 0 saturated carbocycles. The van der Waals surface area contributed by atoms with Gasteiger partial charge in [0.25, 0.3) is 5.91 Å². The second-order valence-electron chi connectivity index (χ2n) is 7.43. The van der Waals surface area contributed by atoms with Gasteiger partial charge in [0.15, 0.2) is 0 Å². The maximum atomic E-state index is 12.7. The summed E-state index contributed by atoms with van der Waals surface area (Å²) in [5.41, 5.74) is 3.73. The number of nitrogens with zero attached hydrogens (tertiary/aromatic N) is 2. The van der Waals surface area contributed by atoms with Crippen molar-refractivity contribution in [2.45, 2.75) is 25.6 Å². The van der Waals surface area contributed by atoms with Gasteiger partial charge in [0.05, 0.1) is 31.1 Å². The Hall–Kier alpha value is -3.88. The molecule has 9 heteroatoms. The summed E-state index contributed by atoms with van der Waals surface area (Å²) in [5, 5.41) is 5.97. The summed E-state index contributed by atoms with van der Waals surface area (Å²) < 4.78 is 4.69. The Bertz CT molecular complexity index is 1120. The smallest absolute Gasteiger partial charge is 0.308 e. The Kier molecular flexibility index (Phi) is 5.57. The lowest BCUT2D eigenvalue weighted by molar-refractivity contribution is -0.143. The lowest BCUT2D eigenvalue weighted by Gasteiger charge is -2.19.